The van der Waals surface area contributed by atoms with Crippen LogP contribution in [0, 0.1) is 12.8 Å². The highest BCUT2D eigenvalue weighted by Crippen LogP contribution is 2.31. The second-order valence-corrected chi connectivity index (χ2v) is 7.78. The van der Waals surface area contributed by atoms with E-state index in [2.05, 4.69) is 62.1 Å². The van der Waals surface area contributed by atoms with Gasteiger partial charge >= 0.3 is 0 Å². The number of nitrogens with zero attached hydrogens (tertiary/aromatic N) is 2. The van der Waals surface area contributed by atoms with Gasteiger partial charge < -0.3 is 5.73 Å². The van der Waals surface area contributed by atoms with Gasteiger partial charge in [-0.15, -0.1) is 0 Å². The van der Waals surface area contributed by atoms with E-state index in [9.17, 15) is 0 Å². The summed E-state index contributed by atoms with van der Waals surface area (Å²) in [5, 5.41) is 0. The molecule has 26 heavy (non-hydrogen) atoms. The van der Waals surface area contributed by atoms with E-state index >= 15 is 0 Å². The summed E-state index contributed by atoms with van der Waals surface area (Å²) in [7, 11) is 0. The van der Waals surface area contributed by atoms with Gasteiger partial charge in [0.25, 0.3) is 0 Å². The summed E-state index contributed by atoms with van der Waals surface area (Å²) in [6.07, 6.45) is 2.11. The minimum atomic E-state index is 0.162. The Morgan fingerprint density at radius 2 is 1.77 bits per heavy atom. The zero-order valence-corrected chi connectivity index (χ0v) is 16.3. The molecular weight excluding hydrogens is 318 g/mol. The predicted octanol–water partition coefficient (Wildman–Crippen LogP) is 5.01. The summed E-state index contributed by atoms with van der Waals surface area (Å²) in [5.74, 6) is 0.442. The van der Waals surface area contributed by atoms with Crippen LogP contribution in [0.2, 0.25) is 0 Å². The number of nitrogens with two attached hydrogens (primary N) is 1. The van der Waals surface area contributed by atoms with Crippen LogP contribution in [0.1, 0.15) is 49.4 Å². The van der Waals surface area contributed by atoms with Gasteiger partial charge in [-0.2, -0.15) is 0 Å². The monoisotopic (exact) mass is 349 g/mol. The molecule has 0 saturated carbocycles. The predicted molar refractivity (Wildman–Crippen MR) is 112 cm³/mol. The molecule has 0 aliphatic carbocycles. The normalized spacial score (nSPS) is 16.7. The molecular formula is C23H31N3. The number of aliphatic imine (C=N–C) groups is 1. The number of benzene rings is 2. The number of nitrogen functional groups attached to an aromatic ring is 1. The van der Waals surface area contributed by atoms with Crippen molar-refractivity contribution in [3.8, 4) is 0 Å². The molecule has 3 nitrogen and oxygen atoms in total. The lowest BCUT2D eigenvalue weighted by Crippen LogP contribution is -2.33. The lowest BCUT2D eigenvalue weighted by atomic mass is 9.94. The highest BCUT2D eigenvalue weighted by molar-refractivity contribution is 5.85. The Bertz CT molecular complexity index is 754. The smallest absolute Gasteiger partial charge is 0.0791 e. The number of piperidine rings is 1. The van der Waals surface area contributed by atoms with E-state index in [1.165, 1.54) is 16.8 Å². The summed E-state index contributed by atoms with van der Waals surface area (Å²) in [5.41, 5.74) is 12.3. The van der Waals surface area contributed by atoms with E-state index in [4.69, 9.17) is 10.7 Å². The number of hydrogen-bond donors (Lipinski definition) is 1. The highest BCUT2D eigenvalue weighted by Gasteiger charge is 2.21. The van der Waals surface area contributed by atoms with E-state index in [-0.39, 0.29) is 6.04 Å². The number of anilines is 1. The molecule has 1 aliphatic heterocycles. The lowest BCUT2D eigenvalue weighted by molar-refractivity contribution is 0.265. The van der Waals surface area contributed by atoms with Gasteiger partial charge in [0.15, 0.2) is 0 Å². The van der Waals surface area contributed by atoms with Crippen molar-refractivity contribution in [2.24, 2.45) is 10.9 Å². The number of para-hydroxylation sites is 1. The molecule has 1 unspecified atom stereocenters. The van der Waals surface area contributed by atoms with E-state index in [1.54, 1.807) is 0 Å². The SMILES string of the molecule is Cc1cccc(CN2CCC(=NC(c3ccccc3N)C(C)C)CC2)c1. The van der Waals surface area contributed by atoms with Crippen molar-refractivity contribution in [3.05, 3.63) is 65.2 Å². The topological polar surface area (TPSA) is 41.6 Å². The molecule has 0 radical (unpaired) electrons. The summed E-state index contributed by atoms with van der Waals surface area (Å²) < 4.78 is 0. The van der Waals surface area contributed by atoms with Gasteiger partial charge in [0, 0.05) is 31.0 Å². The second kappa shape index (κ2) is 8.50. The summed E-state index contributed by atoms with van der Waals surface area (Å²) >= 11 is 0. The first kappa shape index (κ1) is 18.7. The van der Waals surface area contributed by atoms with Crippen molar-refractivity contribution >= 4 is 11.4 Å². The molecule has 2 N–H and O–H groups in total. The molecule has 0 spiro atoms. The first-order valence-electron chi connectivity index (χ1n) is 9.71. The number of likely N-dealkylation sites (tertiary alicyclic amines) is 1. The molecule has 2 aromatic rings. The fourth-order valence-corrected chi connectivity index (χ4v) is 3.72. The fourth-order valence-electron chi connectivity index (χ4n) is 3.72. The summed E-state index contributed by atoms with van der Waals surface area (Å²) in [6.45, 7) is 9.83. The molecule has 0 amide bonds. The average Bonchev–Trinajstić information content (AvgIpc) is 2.62. The Hall–Kier alpha value is -2.13. The van der Waals surface area contributed by atoms with E-state index in [0.717, 1.165) is 43.7 Å². The molecule has 1 heterocycles. The summed E-state index contributed by atoms with van der Waals surface area (Å²) in [4.78, 5) is 7.67. The van der Waals surface area contributed by atoms with Crippen LogP contribution in [-0.4, -0.2) is 23.7 Å². The Balaban J connectivity index is 1.65. The van der Waals surface area contributed by atoms with Crippen LogP contribution in [0.5, 0.6) is 0 Å². The number of aryl methyl sites for hydroxylation is 1. The minimum Gasteiger partial charge on any atom is -0.398 e. The van der Waals surface area contributed by atoms with Gasteiger partial charge in [-0.25, -0.2) is 0 Å². The molecule has 3 rings (SSSR count). The summed E-state index contributed by atoms with van der Waals surface area (Å²) in [6, 6.07) is 17.1. The van der Waals surface area contributed by atoms with Crippen LogP contribution < -0.4 is 5.73 Å². The van der Waals surface area contributed by atoms with Crippen LogP contribution in [0.25, 0.3) is 0 Å². The minimum absolute atomic E-state index is 0.162. The maximum atomic E-state index is 6.21. The molecule has 0 bridgehead atoms. The fraction of sp³-hybridized carbons (Fsp3) is 0.435. The third-order valence-corrected chi connectivity index (χ3v) is 5.19. The van der Waals surface area contributed by atoms with E-state index in [1.807, 2.05) is 12.1 Å². The van der Waals surface area contributed by atoms with Gasteiger partial charge in [-0.3, -0.25) is 9.89 Å². The third-order valence-electron chi connectivity index (χ3n) is 5.19. The Kier molecular flexibility index (Phi) is 6.10. The number of hydrogen-bond acceptors (Lipinski definition) is 3. The van der Waals surface area contributed by atoms with Crippen molar-refractivity contribution < 1.29 is 0 Å². The average molecular weight is 350 g/mol. The standard InChI is InChI=1S/C23H31N3/c1-17(2)23(21-9-4-5-10-22(21)24)25-20-11-13-26(14-12-20)16-19-8-6-7-18(3)15-19/h4-10,15,17,23H,11-14,16,24H2,1-3H3. The van der Waals surface area contributed by atoms with Crippen molar-refractivity contribution in [1.82, 2.24) is 4.90 Å². The van der Waals surface area contributed by atoms with Gasteiger partial charge in [0.05, 0.1) is 6.04 Å². The van der Waals surface area contributed by atoms with Crippen LogP contribution in [0.4, 0.5) is 5.69 Å². The highest BCUT2D eigenvalue weighted by atomic mass is 15.1. The first-order chi connectivity index (χ1) is 12.5. The van der Waals surface area contributed by atoms with Crippen molar-refractivity contribution in [2.45, 2.75) is 46.2 Å². The molecule has 3 heteroatoms. The van der Waals surface area contributed by atoms with E-state index in [0.29, 0.717) is 5.92 Å². The van der Waals surface area contributed by atoms with Crippen LogP contribution in [0.3, 0.4) is 0 Å². The third kappa shape index (κ3) is 4.73. The van der Waals surface area contributed by atoms with Gasteiger partial charge in [-0.1, -0.05) is 61.9 Å². The Labute approximate surface area is 157 Å². The second-order valence-electron chi connectivity index (χ2n) is 7.78. The van der Waals surface area contributed by atoms with E-state index < -0.39 is 0 Å². The molecule has 1 aliphatic rings. The first-order valence-corrected chi connectivity index (χ1v) is 9.71. The molecule has 0 aromatic heterocycles. The molecule has 1 saturated heterocycles. The molecule has 2 aromatic carbocycles. The van der Waals surface area contributed by atoms with Crippen LogP contribution >= 0.6 is 0 Å². The number of rotatable bonds is 5. The van der Waals surface area contributed by atoms with Crippen LogP contribution in [-0.2, 0) is 6.54 Å². The van der Waals surface area contributed by atoms with Gasteiger partial charge in [0.2, 0.25) is 0 Å². The largest absolute Gasteiger partial charge is 0.398 e. The van der Waals surface area contributed by atoms with Crippen molar-refractivity contribution in [1.29, 1.82) is 0 Å². The van der Waals surface area contributed by atoms with Crippen molar-refractivity contribution in [2.75, 3.05) is 18.8 Å². The molecule has 1 atom stereocenters. The maximum absolute atomic E-state index is 6.21. The zero-order valence-electron chi connectivity index (χ0n) is 16.3. The van der Waals surface area contributed by atoms with Crippen LogP contribution in [0.15, 0.2) is 53.5 Å². The Morgan fingerprint density at radius 3 is 2.42 bits per heavy atom. The molecule has 138 valence electrons. The van der Waals surface area contributed by atoms with Gasteiger partial charge in [0.1, 0.15) is 0 Å². The lowest BCUT2D eigenvalue weighted by Gasteiger charge is -2.29. The van der Waals surface area contributed by atoms with Gasteiger partial charge in [-0.05, 0) is 42.9 Å². The maximum Gasteiger partial charge on any atom is 0.0791 e. The molecule has 1 fully saturated rings. The van der Waals surface area contributed by atoms with Crippen molar-refractivity contribution in [3.63, 3.8) is 0 Å². The zero-order chi connectivity index (χ0) is 18.5. The quantitative estimate of drug-likeness (QED) is 0.771. The Morgan fingerprint density at radius 1 is 1.04 bits per heavy atom.